The molecule has 5 heteroatoms. The molecule has 0 radical (unpaired) electrons. The zero-order valence-corrected chi connectivity index (χ0v) is 13.1. The van der Waals surface area contributed by atoms with Gasteiger partial charge in [-0.05, 0) is 32.4 Å². The van der Waals surface area contributed by atoms with Gasteiger partial charge in [-0.3, -0.25) is 0 Å². The molecule has 102 valence electrons. The molecule has 0 aliphatic carbocycles. The molecule has 0 spiro atoms. The minimum absolute atomic E-state index is 0.691. The average Bonchev–Trinajstić information content (AvgIpc) is 2.69. The first-order valence-electron chi connectivity index (χ1n) is 6.02. The highest BCUT2D eigenvalue weighted by atomic mass is 35.5. The van der Waals surface area contributed by atoms with E-state index in [9.17, 15) is 0 Å². The van der Waals surface area contributed by atoms with Gasteiger partial charge in [-0.2, -0.15) is 0 Å². The number of hydrogen-bond acceptors (Lipinski definition) is 4. The van der Waals surface area contributed by atoms with Crippen LogP contribution in [0.5, 0.6) is 5.75 Å². The number of methoxy groups -OCH3 is 1. The summed E-state index contributed by atoms with van der Waals surface area (Å²) in [4.78, 5) is 5.77. The lowest BCUT2D eigenvalue weighted by Gasteiger charge is -2.12. The monoisotopic (exact) mass is 296 g/mol. The third kappa shape index (κ3) is 3.19. The fourth-order valence-electron chi connectivity index (χ4n) is 1.76. The highest BCUT2D eigenvalue weighted by Crippen LogP contribution is 2.31. The minimum Gasteiger partial charge on any atom is -0.495 e. The van der Waals surface area contributed by atoms with Crippen molar-refractivity contribution in [3.05, 3.63) is 38.3 Å². The molecule has 3 nitrogen and oxygen atoms in total. The van der Waals surface area contributed by atoms with E-state index in [0.717, 1.165) is 27.7 Å². The molecule has 0 unspecified atom stereocenters. The lowest BCUT2D eigenvalue weighted by Crippen LogP contribution is -2.01. The highest BCUT2D eigenvalue weighted by molar-refractivity contribution is 7.11. The van der Waals surface area contributed by atoms with Crippen LogP contribution in [0.1, 0.15) is 21.1 Å². The first kappa shape index (κ1) is 14.2. The van der Waals surface area contributed by atoms with Crippen LogP contribution in [-0.4, -0.2) is 12.1 Å². The van der Waals surface area contributed by atoms with Crippen LogP contribution < -0.4 is 10.1 Å². The topological polar surface area (TPSA) is 34.1 Å². The molecule has 0 saturated heterocycles. The van der Waals surface area contributed by atoms with Gasteiger partial charge in [0.25, 0.3) is 0 Å². The number of ether oxygens (including phenoxy) is 1. The maximum Gasteiger partial charge on any atom is 0.143 e. The molecule has 1 heterocycles. The fraction of sp³-hybridized carbons (Fsp3) is 0.357. The van der Waals surface area contributed by atoms with Crippen LogP contribution in [0.3, 0.4) is 0 Å². The Morgan fingerprint density at radius 1 is 1.32 bits per heavy atom. The Hall–Kier alpha value is -1.26. The lowest BCUT2D eigenvalue weighted by atomic mass is 10.2. The summed E-state index contributed by atoms with van der Waals surface area (Å²) < 4.78 is 5.33. The molecule has 2 rings (SSSR count). The predicted octanol–water partition coefficient (Wildman–Crippen LogP) is 4.34. The smallest absolute Gasteiger partial charge is 0.143 e. The average molecular weight is 297 g/mol. The summed E-state index contributed by atoms with van der Waals surface area (Å²) in [6.45, 7) is 6.79. The zero-order chi connectivity index (χ0) is 14.0. The van der Waals surface area contributed by atoms with Crippen LogP contribution in [0.25, 0.3) is 0 Å². The van der Waals surface area contributed by atoms with Crippen molar-refractivity contribution in [2.45, 2.75) is 27.3 Å². The van der Waals surface area contributed by atoms with E-state index < -0.39 is 0 Å². The molecular weight excluding hydrogens is 280 g/mol. The first-order chi connectivity index (χ1) is 9.01. The van der Waals surface area contributed by atoms with Crippen molar-refractivity contribution in [1.82, 2.24) is 4.98 Å². The van der Waals surface area contributed by atoms with Gasteiger partial charge in [0.05, 0.1) is 25.0 Å². The summed E-state index contributed by atoms with van der Waals surface area (Å²) in [5.74, 6) is 0.751. The van der Waals surface area contributed by atoms with E-state index in [1.165, 1.54) is 4.88 Å². The SMILES string of the molecule is COc1cc(Cl)c(C)cc1NCc1nc(C)c(C)s1. The van der Waals surface area contributed by atoms with Crippen LogP contribution in [0.2, 0.25) is 5.02 Å². The molecule has 0 fully saturated rings. The first-order valence-corrected chi connectivity index (χ1v) is 7.21. The summed E-state index contributed by atoms with van der Waals surface area (Å²) in [7, 11) is 1.64. The Labute approximate surface area is 122 Å². The summed E-state index contributed by atoms with van der Waals surface area (Å²) in [5, 5.41) is 5.14. The lowest BCUT2D eigenvalue weighted by molar-refractivity contribution is 0.416. The number of hydrogen-bond donors (Lipinski definition) is 1. The quantitative estimate of drug-likeness (QED) is 0.911. The second kappa shape index (κ2) is 5.80. The third-order valence-corrected chi connectivity index (χ3v) is 4.46. The van der Waals surface area contributed by atoms with Gasteiger partial charge < -0.3 is 10.1 Å². The maximum atomic E-state index is 6.09. The molecule has 0 aliphatic rings. The van der Waals surface area contributed by atoms with Crippen molar-refractivity contribution in [3.63, 3.8) is 0 Å². The third-order valence-electron chi connectivity index (χ3n) is 2.98. The molecule has 0 amide bonds. The minimum atomic E-state index is 0.691. The van der Waals surface area contributed by atoms with Gasteiger partial charge in [0, 0.05) is 16.0 Å². The van der Waals surface area contributed by atoms with Gasteiger partial charge in [-0.1, -0.05) is 11.6 Å². The van der Waals surface area contributed by atoms with Crippen molar-refractivity contribution in [2.24, 2.45) is 0 Å². The van der Waals surface area contributed by atoms with Crippen LogP contribution in [0, 0.1) is 20.8 Å². The van der Waals surface area contributed by atoms with Crippen molar-refractivity contribution < 1.29 is 4.74 Å². The molecule has 0 atom stereocenters. The van der Waals surface area contributed by atoms with E-state index in [2.05, 4.69) is 17.2 Å². The number of aromatic nitrogens is 1. The second-order valence-corrected chi connectivity index (χ2v) is 6.10. The predicted molar refractivity (Wildman–Crippen MR) is 81.7 cm³/mol. The van der Waals surface area contributed by atoms with Gasteiger partial charge >= 0.3 is 0 Å². The van der Waals surface area contributed by atoms with Crippen LogP contribution in [0.15, 0.2) is 12.1 Å². The van der Waals surface area contributed by atoms with Gasteiger partial charge in [0.2, 0.25) is 0 Å². The standard InChI is InChI=1S/C14H17ClN2OS/c1-8-5-12(13(18-4)6-11(8)15)16-7-14-17-9(2)10(3)19-14/h5-6,16H,7H2,1-4H3. The van der Waals surface area contributed by atoms with Crippen molar-refractivity contribution in [2.75, 3.05) is 12.4 Å². The van der Waals surface area contributed by atoms with E-state index in [1.54, 1.807) is 18.4 Å². The number of anilines is 1. The van der Waals surface area contributed by atoms with Gasteiger partial charge in [-0.15, -0.1) is 11.3 Å². The highest BCUT2D eigenvalue weighted by Gasteiger charge is 2.08. The summed E-state index contributed by atoms with van der Waals surface area (Å²) >= 11 is 7.80. The van der Waals surface area contributed by atoms with Gasteiger partial charge in [0.15, 0.2) is 0 Å². The van der Waals surface area contributed by atoms with E-state index in [1.807, 2.05) is 26.0 Å². The Bertz CT molecular complexity index is 576. The van der Waals surface area contributed by atoms with Crippen molar-refractivity contribution in [1.29, 1.82) is 0 Å². The maximum absolute atomic E-state index is 6.09. The molecule has 0 aliphatic heterocycles. The molecule has 2 aromatic rings. The number of rotatable bonds is 4. The molecule has 1 aromatic carbocycles. The molecule has 0 bridgehead atoms. The zero-order valence-electron chi connectivity index (χ0n) is 11.5. The number of aryl methyl sites for hydroxylation is 3. The number of nitrogens with one attached hydrogen (secondary N) is 1. The number of halogens is 1. The van der Waals surface area contributed by atoms with Crippen LogP contribution >= 0.6 is 22.9 Å². The largest absolute Gasteiger partial charge is 0.495 e. The Morgan fingerprint density at radius 2 is 2.05 bits per heavy atom. The molecular formula is C14H17ClN2OS. The molecule has 1 aromatic heterocycles. The van der Waals surface area contributed by atoms with E-state index in [0.29, 0.717) is 11.6 Å². The normalized spacial score (nSPS) is 10.6. The molecule has 19 heavy (non-hydrogen) atoms. The molecule has 1 N–H and O–H groups in total. The van der Waals surface area contributed by atoms with E-state index in [4.69, 9.17) is 16.3 Å². The van der Waals surface area contributed by atoms with Crippen LogP contribution in [0.4, 0.5) is 5.69 Å². The number of nitrogens with zero attached hydrogens (tertiary/aromatic N) is 1. The Kier molecular flexibility index (Phi) is 4.32. The van der Waals surface area contributed by atoms with Gasteiger partial charge in [-0.25, -0.2) is 4.98 Å². The number of thiazole rings is 1. The van der Waals surface area contributed by atoms with E-state index in [-0.39, 0.29) is 0 Å². The van der Waals surface area contributed by atoms with E-state index >= 15 is 0 Å². The summed E-state index contributed by atoms with van der Waals surface area (Å²) in [5.41, 5.74) is 3.06. The fourth-order valence-corrected chi connectivity index (χ4v) is 2.78. The molecule has 0 saturated carbocycles. The van der Waals surface area contributed by atoms with Crippen molar-refractivity contribution in [3.8, 4) is 5.75 Å². The van der Waals surface area contributed by atoms with Crippen molar-refractivity contribution >= 4 is 28.6 Å². The van der Waals surface area contributed by atoms with Gasteiger partial charge in [0.1, 0.15) is 10.8 Å². The van der Waals surface area contributed by atoms with Crippen LogP contribution in [-0.2, 0) is 6.54 Å². The summed E-state index contributed by atoms with van der Waals surface area (Å²) in [6, 6.07) is 3.83. The number of benzene rings is 1. The summed E-state index contributed by atoms with van der Waals surface area (Å²) in [6.07, 6.45) is 0. The Morgan fingerprint density at radius 3 is 2.63 bits per heavy atom. The Balaban J connectivity index is 2.17. The second-order valence-electron chi connectivity index (χ2n) is 4.40.